The van der Waals surface area contributed by atoms with Crippen molar-refractivity contribution in [2.75, 3.05) is 0 Å². The molecule has 0 spiro atoms. The van der Waals surface area contributed by atoms with E-state index in [4.69, 9.17) is 0 Å². The van der Waals surface area contributed by atoms with Crippen LogP contribution < -0.4 is 0 Å². The first kappa shape index (κ1) is 11.5. The van der Waals surface area contributed by atoms with Crippen LogP contribution in [0.1, 0.15) is 22.3 Å². The molecule has 0 bridgehead atoms. The van der Waals surface area contributed by atoms with Gasteiger partial charge in [0, 0.05) is 18.8 Å². The number of pyridine rings is 1. The second-order valence-corrected chi connectivity index (χ2v) is 3.76. The fraction of sp³-hybridized carbons (Fsp3) is 0.143. The Kier molecular flexibility index (Phi) is 3.60. The molecule has 0 atom stereocenters. The fourth-order valence-electron chi connectivity index (χ4n) is 1.63. The maximum Gasteiger partial charge on any atom is 0.166 e. The van der Waals surface area contributed by atoms with E-state index >= 15 is 0 Å². The highest BCUT2D eigenvalue weighted by Crippen LogP contribution is 2.11. The normalized spacial score (nSPS) is 10.2. The van der Waals surface area contributed by atoms with Crippen LogP contribution in [0.3, 0.4) is 0 Å². The lowest BCUT2D eigenvalue weighted by Gasteiger charge is -2.02. The number of aryl methyl sites for hydroxylation is 1. The lowest BCUT2D eigenvalue weighted by molar-refractivity contribution is 0.0979. The van der Waals surface area contributed by atoms with Gasteiger partial charge in [0.05, 0.1) is 5.56 Å². The van der Waals surface area contributed by atoms with Crippen LogP contribution in [-0.4, -0.2) is 10.8 Å². The van der Waals surface area contributed by atoms with E-state index in [0.29, 0.717) is 12.8 Å². The van der Waals surface area contributed by atoms with Crippen LogP contribution in [0.25, 0.3) is 0 Å². The maximum atomic E-state index is 13.3. The molecule has 2 nitrogen and oxygen atoms in total. The van der Waals surface area contributed by atoms with Gasteiger partial charge >= 0.3 is 0 Å². The standard InChI is InChI=1S/C14H12FNO/c15-13-4-2-1-3-12(13)14(17)6-5-11-7-9-16-10-8-11/h1-4,7-10H,5-6H2. The lowest BCUT2D eigenvalue weighted by atomic mass is 10.0. The third kappa shape index (κ3) is 2.97. The smallest absolute Gasteiger partial charge is 0.166 e. The van der Waals surface area contributed by atoms with Crippen molar-refractivity contribution < 1.29 is 9.18 Å². The summed E-state index contributed by atoms with van der Waals surface area (Å²) < 4.78 is 13.3. The molecular formula is C14H12FNO. The number of nitrogens with zero attached hydrogens (tertiary/aromatic N) is 1. The summed E-state index contributed by atoms with van der Waals surface area (Å²) in [5.41, 5.74) is 1.20. The van der Waals surface area contributed by atoms with Gasteiger partial charge in [-0.2, -0.15) is 0 Å². The molecule has 0 saturated carbocycles. The number of hydrogen-bond acceptors (Lipinski definition) is 2. The van der Waals surface area contributed by atoms with E-state index in [1.807, 2.05) is 12.1 Å². The number of ketones is 1. The maximum absolute atomic E-state index is 13.3. The summed E-state index contributed by atoms with van der Waals surface area (Å²) in [5.74, 6) is -0.618. The van der Waals surface area contributed by atoms with E-state index in [0.717, 1.165) is 5.56 Å². The van der Waals surface area contributed by atoms with Gasteiger partial charge < -0.3 is 0 Å². The molecule has 1 aromatic heterocycles. The predicted octanol–water partition coefficient (Wildman–Crippen LogP) is 3.04. The van der Waals surface area contributed by atoms with Crippen LogP contribution in [0.15, 0.2) is 48.8 Å². The number of rotatable bonds is 4. The largest absolute Gasteiger partial charge is 0.294 e. The lowest BCUT2D eigenvalue weighted by Crippen LogP contribution is -2.03. The summed E-state index contributed by atoms with van der Waals surface area (Å²) in [5, 5.41) is 0. The number of aromatic nitrogens is 1. The van der Waals surface area contributed by atoms with Crippen molar-refractivity contribution in [2.45, 2.75) is 12.8 Å². The molecule has 0 radical (unpaired) electrons. The molecule has 86 valence electrons. The van der Waals surface area contributed by atoms with E-state index in [2.05, 4.69) is 4.98 Å². The molecule has 0 aliphatic rings. The van der Waals surface area contributed by atoms with Crippen LogP contribution in [0.2, 0.25) is 0 Å². The zero-order chi connectivity index (χ0) is 12.1. The van der Waals surface area contributed by atoms with Crippen molar-refractivity contribution in [1.82, 2.24) is 4.98 Å². The molecular weight excluding hydrogens is 217 g/mol. The van der Waals surface area contributed by atoms with E-state index in [1.165, 1.54) is 12.1 Å². The number of carbonyl (C=O) groups is 1. The Morgan fingerprint density at radius 1 is 1.12 bits per heavy atom. The summed E-state index contributed by atoms with van der Waals surface area (Å²) in [6.45, 7) is 0. The number of hydrogen-bond donors (Lipinski definition) is 0. The second kappa shape index (κ2) is 5.34. The van der Waals surface area contributed by atoms with Gasteiger partial charge in [-0.25, -0.2) is 4.39 Å². The molecule has 17 heavy (non-hydrogen) atoms. The first-order valence-electron chi connectivity index (χ1n) is 5.44. The van der Waals surface area contributed by atoms with Gasteiger partial charge in [0.15, 0.2) is 5.78 Å². The van der Waals surface area contributed by atoms with Gasteiger partial charge in [-0.05, 0) is 36.2 Å². The number of carbonyl (C=O) groups excluding carboxylic acids is 1. The molecule has 2 rings (SSSR count). The van der Waals surface area contributed by atoms with Crippen LogP contribution in [0.4, 0.5) is 4.39 Å². The van der Waals surface area contributed by atoms with Gasteiger partial charge in [0.2, 0.25) is 0 Å². The minimum Gasteiger partial charge on any atom is -0.294 e. The van der Waals surface area contributed by atoms with E-state index in [9.17, 15) is 9.18 Å². The highest BCUT2D eigenvalue weighted by molar-refractivity contribution is 5.96. The Bertz CT molecular complexity index is 511. The summed E-state index contributed by atoms with van der Waals surface area (Å²) in [4.78, 5) is 15.7. The fourth-order valence-corrected chi connectivity index (χ4v) is 1.63. The summed E-state index contributed by atoms with van der Waals surface area (Å²) in [6.07, 6.45) is 4.28. The quantitative estimate of drug-likeness (QED) is 0.754. The number of benzene rings is 1. The average Bonchev–Trinajstić information content (AvgIpc) is 2.38. The highest BCUT2D eigenvalue weighted by atomic mass is 19.1. The number of Topliss-reactive ketones (excluding diaryl/α,β-unsaturated/α-hetero) is 1. The van der Waals surface area contributed by atoms with Crippen LogP contribution in [0, 0.1) is 5.82 Å². The minimum absolute atomic E-state index is 0.167. The van der Waals surface area contributed by atoms with Crippen molar-refractivity contribution in [2.24, 2.45) is 0 Å². The third-order valence-electron chi connectivity index (χ3n) is 2.56. The zero-order valence-corrected chi connectivity index (χ0v) is 9.27. The molecule has 3 heteroatoms. The average molecular weight is 229 g/mol. The molecule has 1 heterocycles. The SMILES string of the molecule is O=C(CCc1ccncc1)c1ccccc1F. The number of halogens is 1. The second-order valence-electron chi connectivity index (χ2n) is 3.76. The Hall–Kier alpha value is -2.03. The Morgan fingerprint density at radius 3 is 2.53 bits per heavy atom. The van der Waals surface area contributed by atoms with Gasteiger partial charge in [0.25, 0.3) is 0 Å². The van der Waals surface area contributed by atoms with E-state index in [1.54, 1.807) is 24.5 Å². The Balaban J connectivity index is 2.01. The Morgan fingerprint density at radius 2 is 1.82 bits per heavy atom. The zero-order valence-electron chi connectivity index (χ0n) is 9.27. The van der Waals surface area contributed by atoms with Gasteiger partial charge in [-0.3, -0.25) is 9.78 Å². The summed E-state index contributed by atoms with van der Waals surface area (Å²) in [7, 11) is 0. The van der Waals surface area contributed by atoms with Crippen LogP contribution in [-0.2, 0) is 6.42 Å². The molecule has 0 amide bonds. The monoisotopic (exact) mass is 229 g/mol. The summed E-state index contributed by atoms with van der Waals surface area (Å²) >= 11 is 0. The molecule has 1 aromatic carbocycles. The molecule has 0 N–H and O–H groups in total. The minimum atomic E-state index is -0.452. The molecule has 0 aliphatic heterocycles. The van der Waals surface area contributed by atoms with Crippen molar-refractivity contribution in [3.05, 3.63) is 65.7 Å². The van der Waals surface area contributed by atoms with Gasteiger partial charge in [-0.1, -0.05) is 12.1 Å². The van der Waals surface area contributed by atoms with E-state index in [-0.39, 0.29) is 11.3 Å². The van der Waals surface area contributed by atoms with E-state index < -0.39 is 5.82 Å². The highest BCUT2D eigenvalue weighted by Gasteiger charge is 2.10. The molecule has 0 fully saturated rings. The van der Waals surface area contributed by atoms with Crippen molar-refractivity contribution in [1.29, 1.82) is 0 Å². The Labute approximate surface area is 99.1 Å². The van der Waals surface area contributed by atoms with Crippen LogP contribution in [0.5, 0.6) is 0 Å². The van der Waals surface area contributed by atoms with Crippen LogP contribution >= 0.6 is 0 Å². The topological polar surface area (TPSA) is 30.0 Å². The molecule has 0 saturated heterocycles. The van der Waals surface area contributed by atoms with Gasteiger partial charge in [0.1, 0.15) is 5.82 Å². The molecule has 2 aromatic rings. The molecule has 0 unspecified atom stereocenters. The molecule has 0 aliphatic carbocycles. The van der Waals surface area contributed by atoms with Crippen molar-refractivity contribution in [3.8, 4) is 0 Å². The van der Waals surface area contributed by atoms with Crippen molar-refractivity contribution >= 4 is 5.78 Å². The third-order valence-corrected chi connectivity index (χ3v) is 2.56. The summed E-state index contributed by atoms with van der Waals surface area (Å²) in [6, 6.07) is 9.78. The first-order valence-corrected chi connectivity index (χ1v) is 5.44. The van der Waals surface area contributed by atoms with Gasteiger partial charge in [-0.15, -0.1) is 0 Å². The first-order chi connectivity index (χ1) is 8.27. The predicted molar refractivity (Wildman–Crippen MR) is 63.3 cm³/mol. The van der Waals surface area contributed by atoms with Crippen molar-refractivity contribution in [3.63, 3.8) is 0 Å².